The third-order valence-corrected chi connectivity index (χ3v) is 7.34. The summed E-state index contributed by atoms with van der Waals surface area (Å²) >= 11 is 0. The highest BCUT2D eigenvalue weighted by Gasteiger charge is 2.48. The second kappa shape index (κ2) is 9.88. The van der Waals surface area contributed by atoms with Crippen LogP contribution in [0.15, 0.2) is 66.7 Å². The molecule has 2 aliphatic rings. The average molecular weight is 474 g/mol. The third kappa shape index (κ3) is 5.29. The SMILES string of the molecule is COCc1ccc(-c2ccc(N(CC3(N)CCCC3)C(=O)[C@H]3C[C@@H]3c3cccc(F)n3)cc2)cc1. The van der Waals surface area contributed by atoms with Crippen molar-refractivity contribution in [3.63, 3.8) is 0 Å². The predicted molar refractivity (Wildman–Crippen MR) is 135 cm³/mol. The number of aromatic nitrogens is 1. The summed E-state index contributed by atoms with van der Waals surface area (Å²) in [6.07, 6.45) is 4.71. The molecule has 1 amide bonds. The molecule has 0 aliphatic heterocycles. The Morgan fingerprint density at radius 2 is 1.71 bits per heavy atom. The second-order valence-corrected chi connectivity index (χ2v) is 10.0. The molecule has 2 aliphatic carbocycles. The Kier molecular flexibility index (Phi) is 6.67. The monoisotopic (exact) mass is 473 g/mol. The number of carbonyl (C=O) groups excluding carboxylic acids is 1. The molecule has 1 heterocycles. The molecule has 2 N–H and O–H groups in total. The number of hydrogen-bond acceptors (Lipinski definition) is 4. The van der Waals surface area contributed by atoms with Gasteiger partial charge in [-0.3, -0.25) is 4.79 Å². The lowest BCUT2D eigenvalue weighted by atomic mass is 9.97. The fourth-order valence-corrected chi connectivity index (χ4v) is 5.27. The highest BCUT2D eigenvalue weighted by Crippen LogP contribution is 2.48. The summed E-state index contributed by atoms with van der Waals surface area (Å²) in [4.78, 5) is 19.6. The first kappa shape index (κ1) is 23.6. The molecule has 2 aromatic carbocycles. The van der Waals surface area contributed by atoms with Gasteiger partial charge in [-0.05, 0) is 60.2 Å². The molecule has 0 unspecified atom stereocenters. The van der Waals surface area contributed by atoms with E-state index in [-0.39, 0.29) is 23.3 Å². The van der Waals surface area contributed by atoms with E-state index in [9.17, 15) is 9.18 Å². The molecule has 1 aromatic heterocycles. The van der Waals surface area contributed by atoms with E-state index < -0.39 is 5.95 Å². The van der Waals surface area contributed by atoms with Gasteiger partial charge in [0.25, 0.3) is 0 Å². The molecule has 182 valence electrons. The number of methoxy groups -OCH3 is 1. The Morgan fingerprint density at radius 3 is 2.34 bits per heavy atom. The minimum absolute atomic E-state index is 0.0390. The summed E-state index contributed by atoms with van der Waals surface area (Å²) in [6, 6.07) is 21.2. The van der Waals surface area contributed by atoms with Gasteiger partial charge in [-0.1, -0.05) is 55.3 Å². The molecule has 6 heteroatoms. The highest BCUT2D eigenvalue weighted by atomic mass is 19.1. The molecular formula is C29H32FN3O2. The first-order valence-electron chi connectivity index (χ1n) is 12.4. The van der Waals surface area contributed by atoms with Crippen LogP contribution in [0.4, 0.5) is 10.1 Å². The normalized spacial score (nSPS) is 20.5. The van der Waals surface area contributed by atoms with Gasteiger partial charge in [0.15, 0.2) is 0 Å². The molecule has 2 fully saturated rings. The topological polar surface area (TPSA) is 68.5 Å². The molecule has 5 rings (SSSR count). The molecule has 2 atom stereocenters. The van der Waals surface area contributed by atoms with Crippen molar-refractivity contribution >= 4 is 11.6 Å². The summed E-state index contributed by atoms with van der Waals surface area (Å²) in [7, 11) is 1.69. The number of nitrogens with zero attached hydrogens (tertiary/aromatic N) is 2. The minimum atomic E-state index is -0.504. The second-order valence-electron chi connectivity index (χ2n) is 10.0. The summed E-state index contributed by atoms with van der Waals surface area (Å²) in [5.74, 6) is -0.685. The van der Waals surface area contributed by atoms with Gasteiger partial charge in [0.1, 0.15) is 0 Å². The lowest BCUT2D eigenvalue weighted by Crippen LogP contribution is -2.50. The number of amides is 1. The molecule has 0 saturated heterocycles. The zero-order valence-electron chi connectivity index (χ0n) is 20.1. The van der Waals surface area contributed by atoms with Crippen molar-refractivity contribution in [2.75, 3.05) is 18.6 Å². The Morgan fingerprint density at radius 1 is 1.06 bits per heavy atom. The van der Waals surface area contributed by atoms with Crippen LogP contribution in [-0.4, -0.2) is 30.1 Å². The first-order valence-corrected chi connectivity index (χ1v) is 12.4. The summed E-state index contributed by atoms with van der Waals surface area (Å²) in [5.41, 5.74) is 11.2. The number of halogens is 1. The Labute approximate surface area is 206 Å². The van der Waals surface area contributed by atoms with Crippen LogP contribution in [-0.2, 0) is 16.1 Å². The zero-order chi connectivity index (χ0) is 24.4. The van der Waals surface area contributed by atoms with Crippen LogP contribution in [0.5, 0.6) is 0 Å². The Bertz CT molecular complexity index is 1170. The predicted octanol–water partition coefficient (Wildman–Crippen LogP) is 5.44. The van der Waals surface area contributed by atoms with E-state index in [0.29, 0.717) is 25.3 Å². The fraction of sp³-hybridized carbons (Fsp3) is 0.379. The molecule has 35 heavy (non-hydrogen) atoms. The first-order chi connectivity index (χ1) is 17.0. The highest BCUT2D eigenvalue weighted by molar-refractivity contribution is 5.98. The van der Waals surface area contributed by atoms with Crippen molar-refractivity contribution in [2.45, 2.75) is 50.2 Å². The van der Waals surface area contributed by atoms with Crippen molar-refractivity contribution in [1.29, 1.82) is 0 Å². The van der Waals surface area contributed by atoms with Gasteiger partial charge < -0.3 is 15.4 Å². The maximum atomic E-state index is 13.7. The Hall–Kier alpha value is -3.09. The van der Waals surface area contributed by atoms with Gasteiger partial charge in [0, 0.05) is 42.4 Å². The molecule has 2 saturated carbocycles. The van der Waals surface area contributed by atoms with Crippen LogP contribution in [0.1, 0.15) is 49.3 Å². The van der Waals surface area contributed by atoms with E-state index in [2.05, 4.69) is 41.4 Å². The summed E-state index contributed by atoms with van der Waals surface area (Å²) in [5, 5.41) is 0. The zero-order valence-corrected chi connectivity index (χ0v) is 20.1. The molecule has 5 nitrogen and oxygen atoms in total. The summed E-state index contributed by atoms with van der Waals surface area (Å²) in [6.45, 7) is 1.08. The number of nitrogens with two attached hydrogens (primary N) is 1. The largest absolute Gasteiger partial charge is 0.380 e. The standard InChI is InChI=1S/C29H32FN3O2/c1-35-18-20-7-9-21(10-8-20)22-11-13-23(14-12-22)33(19-29(31)15-2-3-16-29)28(34)25-17-24(25)26-5-4-6-27(30)32-26/h4-14,24-25H,2-3,15-19,31H2,1H3/t24-,25-/m0/s1. The maximum Gasteiger partial charge on any atom is 0.230 e. The number of anilines is 1. The molecular weight excluding hydrogens is 441 g/mol. The number of benzene rings is 2. The number of hydrogen-bond donors (Lipinski definition) is 1. The van der Waals surface area contributed by atoms with Gasteiger partial charge in [0.05, 0.1) is 6.61 Å². The fourth-order valence-electron chi connectivity index (χ4n) is 5.27. The number of pyridine rings is 1. The minimum Gasteiger partial charge on any atom is -0.380 e. The van der Waals surface area contributed by atoms with Gasteiger partial charge in [-0.25, -0.2) is 4.98 Å². The van der Waals surface area contributed by atoms with E-state index in [4.69, 9.17) is 10.5 Å². The van der Waals surface area contributed by atoms with E-state index in [1.54, 1.807) is 19.2 Å². The van der Waals surface area contributed by atoms with Crippen molar-refractivity contribution in [2.24, 2.45) is 11.7 Å². The van der Waals surface area contributed by atoms with Crippen LogP contribution in [0.25, 0.3) is 11.1 Å². The van der Waals surface area contributed by atoms with Crippen molar-refractivity contribution < 1.29 is 13.9 Å². The average Bonchev–Trinajstić information content (AvgIpc) is 3.56. The maximum absolute atomic E-state index is 13.7. The van der Waals surface area contributed by atoms with E-state index in [0.717, 1.165) is 48.1 Å². The van der Waals surface area contributed by atoms with Crippen molar-refractivity contribution in [3.05, 3.63) is 83.9 Å². The van der Waals surface area contributed by atoms with Crippen LogP contribution in [0.2, 0.25) is 0 Å². The lowest BCUT2D eigenvalue weighted by Gasteiger charge is -2.33. The number of rotatable bonds is 8. The number of ether oxygens (including phenoxy) is 1. The quantitative estimate of drug-likeness (QED) is 0.442. The molecule has 0 spiro atoms. The van der Waals surface area contributed by atoms with Crippen LogP contribution < -0.4 is 10.6 Å². The van der Waals surface area contributed by atoms with Crippen LogP contribution in [0, 0.1) is 11.9 Å². The van der Waals surface area contributed by atoms with E-state index >= 15 is 0 Å². The van der Waals surface area contributed by atoms with Gasteiger partial charge in [-0.2, -0.15) is 4.39 Å². The van der Waals surface area contributed by atoms with Crippen LogP contribution in [0.3, 0.4) is 0 Å². The van der Waals surface area contributed by atoms with Crippen molar-refractivity contribution in [3.8, 4) is 11.1 Å². The lowest BCUT2D eigenvalue weighted by molar-refractivity contribution is -0.120. The molecule has 0 bridgehead atoms. The Balaban J connectivity index is 1.37. The van der Waals surface area contributed by atoms with E-state index in [1.807, 2.05) is 17.0 Å². The molecule has 0 radical (unpaired) electrons. The van der Waals surface area contributed by atoms with Gasteiger partial charge >= 0.3 is 0 Å². The van der Waals surface area contributed by atoms with E-state index in [1.165, 1.54) is 6.07 Å². The summed E-state index contributed by atoms with van der Waals surface area (Å²) < 4.78 is 18.8. The van der Waals surface area contributed by atoms with Gasteiger partial charge in [-0.15, -0.1) is 0 Å². The van der Waals surface area contributed by atoms with Gasteiger partial charge in [0.2, 0.25) is 11.9 Å². The smallest absolute Gasteiger partial charge is 0.230 e. The van der Waals surface area contributed by atoms with Crippen molar-refractivity contribution in [1.82, 2.24) is 4.98 Å². The third-order valence-electron chi connectivity index (χ3n) is 7.34. The van der Waals surface area contributed by atoms with Crippen LogP contribution >= 0.6 is 0 Å². The number of carbonyl (C=O) groups is 1. The molecule has 3 aromatic rings.